The highest BCUT2D eigenvalue weighted by Gasteiger charge is 2.40. The van der Waals surface area contributed by atoms with Gasteiger partial charge in [-0.05, 0) is 0 Å². The second-order valence-electron chi connectivity index (χ2n) is 2.84. The molecule has 2 fully saturated rings. The van der Waals surface area contributed by atoms with Crippen molar-refractivity contribution in [3.8, 4) is 0 Å². The molecule has 2 atom stereocenters. The molecule has 2 aliphatic heterocycles. The second-order valence-corrected chi connectivity index (χ2v) is 3.69. The Hall–Kier alpha value is -0.300. The van der Waals surface area contributed by atoms with Crippen molar-refractivity contribution in [2.75, 3.05) is 19.7 Å². The third kappa shape index (κ3) is 1.31. The molecule has 0 bridgehead atoms. The van der Waals surface area contributed by atoms with Gasteiger partial charge in [-0.1, -0.05) is 0 Å². The van der Waals surface area contributed by atoms with Crippen molar-refractivity contribution in [2.45, 2.75) is 12.1 Å². The van der Waals surface area contributed by atoms with Gasteiger partial charge in [-0.15, -0.1) is 0 Å². The quantitative estimate of drug-likeness (QED) is 0.421. The summed E-state index contributed by atoms with van der Waals surface area (Å²) in [7, 11) is 0. The number of hydrogen-bond donors (Lipinski definition) is 2. The maximum absolute atomic E-state index is 10.7. The van der Waals surface area contributed by atoms with Crippen LogP contribution in [0.1, 0.15) is 0 Å². The number of nitrogens with one attached hydrogen (secondary N) is 1. The maximum Gasteiger partial charge on any atom is 0.322 e. The summed E-state index contributed by atoms with van der Waals surface area (Å²) in [6, 6.07) is -0.491. The van der Waals surface area contributed by atoms with Gasteiger partial charge in [0.05, 0.1) is 24.9 Å². The van der Waals surface area contributed by atoms with Crippen molar-refractivity contribution in [1.82, 2.24) is 9.62 Å². The van der Waals surface area contributed by atoms with Gasteiger partial charge in [0.15, 0.2) is 0 Å². The molecule has 2 unspecified atom stereocenters. The van der Waals surface area contributed by atoms with Gasteiger partial charge >= 0.3 is 5.97 Å². The maximum atomic E-state index is 10.7. The van der Waals surface area contributed by atoms with Crippen molar-refractivity contribution in [3.63, 3.8) is 0 Å². The van der Waals surface area contributed by atoms with Crippen LogP contribution >= 0.6 is 12.2 Å². The smallest absolute Gasteiger partial charge is 0.322 e. The molecule has 0 aromatic heterocycles. The van der Waals surface area contributed by atoms with E-state index >= 15 is 0 Å². The van der Waals surface area contributed by atoms with Gasteiger partial charge in [0, 0.05) is 13.1 Å². The first-order chi connectivity index (χ1) is 5.79. The first-order valence-electron chi connectivity index (χ1n) is 3.81. The number of rotatable bonds is 1. The minimum absolute atomic E-state index is 0.0127. The van der Waals surface area contributed by atoms with E-state index in [1.807, 2.05) is 4.31 Å². The van der Waals surface area contributed by atoms with Crippen LogP contribution < -0.4 is 5.32 Å². The van der Waals surface area contributed by atoms with Crippen LogP contribution in [0.25, 0.3) is 0 Å². The lowest BCUT2D eigenvalue weighted by molar-refractivity contribution is -0.141. The highest BCUT2D eigenvalue weighted by Crippen LogP contribution is 2.27. The molecule has 2 heterocycles. The monoisotopic (exact) mass is 190 g/mol. The number of aliphatic carboxylic acids is 1. The van der Waals surface area contributed by atoms with Crippen molar-refractivity contribution in [2.24, 2.45) is 0 Å². The zero-order valence-electron chi connectivity index (χ0n) is 6.40. The number of fused-ring (bicyclic) bond motifs is 1. The Morgan fingerprint density at radius 2 is 2.58 bits per heavy atom. The Balaban J connectivity index is 2.08. The van der Waals surface area contributed by atoms with Crippen molar-refractivity contribution in [1.29, 1.82) is 0 Å². The topological polar surface area (TPSA) is 61.8 Å². The predicted octanol–water partition coefficient (Wildman–Crippen LogP) is -0.693. The summed E-state index contributed by atoms with van der Waals surface area (Å²) in [4.78, 5) is 10.7. The molecule has 5 nitrogen and oxygen atoms in total. The first-order valence-corrected chi connectivity index (χ1v) is 4.51. The van der Waals surface area contributed by atoms with Gasteiger partial charge in [-0.3, -0.25) is 8.98 Å². The van der Waals surface area contributed by atoms with E-state index in [2.05, 4.69) is 5.32 Å². The average Bonchev–Trinajstić information content (AvgIpc) is 2.49. The van der Waals surface area contributed by atoms with Crippen LogP contribution in [0.4, 0.5) is 0 Å². The lowest BCUT2D eigenvalue weighted by atomic mass is 10.1. The molecule has 6 heteroatoms. The normalized spacial score (nSPS) is 36.3. The molecular weight excluding hydrogens is 180 g/mol. The van der Waals surface area contributed by atoms with E-state index in [4.69, 9.17) is 9.29 Å². The minimum atomic E-state index is -0.796. The molecular formula is C6H10N2O3S. The summed E-state index contributed by atoms with van der Waals surface area (Å²) < 4.78 is 7.09. The summed E-state index contributed by atoms with van der Waals surface area (Å²) >= 11 is 1.28. The largest absolute Gasteiger partial charge is 0.480 e. The average molecular weight is 190 g/mol. The van der Waals surface area contributed by atoms with E-state index < -0.39 is 12.0 Å². The highest BCUT2D eigenvalue weighted by molar-refractivity contribution is 7.92. The van der Waals surface area contributed by atoms with Crippen molar-refractivity contribution < 1.29 is 14.1 Å². The molecule has 2 rings (SSSR count). The van der Waals surface area contributed by atoms with Gasteiger partial charge < -0.3 is 10.4 Å². The Morgan fingerprint density at radius 3 is 3.33 bits per heavy atom. The lowest BCUT2D eigenvalue weighted by Gasteiger charge is -2.31. The Kier molecular flexibility index (Phi) is 2.22. The van der Waals surface area contributed by atoms with Crippen LogP contribution in [-0.4, -0.2) is 47.2 Å². The van der Waals surface area contributed by atoms with Gasteiger partial charge in [0.1, 0.15) is 6.04 Å². The molecule has 0 aliphatic carbocycles. The summed E-state index contributed by atoms with van der Waals surface area (Å²) in [5.41, 5.74) is 0. The SMILES string of the molecule is O=C(O)C1NCCN2SOCC12. The zero-order chi connectivity index (χ0) is 8.55. The molecule has 2 N–H and O–H groups in total. The van der Waals surface area contributed by atoms with Crippen molar-refractivity contribution in [3.05, 3.63) is 0 Å². The fraction of sp³-hybridized carbons (Fsp3) is 0.833. The first kappa shape index (κ1) is 8.31. The van der Waals surface area contributed by atoms with Crippen LogP contribution in [0.3, 0.4) is 0 Å². The van der Waals surface area contributed by atoms with Gasteiger partial charge in [-0.25, -0.2) is 4.31 Å². The second kappa shape index (κ2) is 3.21. The summed E-state index contributed by atoms with van der Waals surface area (Å²) in [6.07, 6.45) is 0. The molecule has 2 saturated heterocycles. The molecule has 0 spiro atoms. The van der Waals surface area contributed by atoms with Crippen LogP contribution in [0, 0.1) is 0 Å². The summed E-state index contributed by atoms with van der Waals surface area (Å²) in [5.74, 6) is -0.796. The van der Waals surface area contributed by atoms with E-state index in [-0.39, 0.29) is 6.04 Å². The van der Waals surface area contributed by atoms with E-state index in [9.17, 15) is 4.79 Å². The van der Waals surface area contributed by atoms with Crippen LogP contribution in [0.5, 0.6) is 0 Å². The number of carboxylic acids is 1. The standard InChI is InChI=1S/C6H10N2O3S/c9-6(10)5-4-3-11-12-8(4)2-1-7-5/h4-5,7H,1-3H2,(H,9,10). The van der Waals surface area contributed by atoms with Crippen LogP contribution in [0.15, 0.2) is 0 Å². The van der Waals surface area contributed by atoms with E-state index in [0.29, 0.717) is 13.2 Å². The molecule has 12 heavy (non-hydrogen) atoms. The zero-order valence-corrected chi connectivity index (χ0v) is 7.21. The minimum Gasteiger partial charge on any atom is -0.480 e. The molecule has 0 amide bonds. The fourth-order valence-electron chi connectivity index (χ4n) is 1.49. The number of nitrogens with zero attached hydrogens (tertiary/aromatic N) is 1. The van der Waals surface area contributed by atoms with Crippen LogP contribution in [0.2, 0.25) is 0 Å². The lowest BCUT2D eigenvalue weighted by Crippen LogP contribution is -2.58. The fourth-order valence-corrected chi connectivity index (χ4v) is 2.28. The Morgan fingerprint density at radius 1 is 1.75 bits per heavy atom. The van der Waals surface area contributed by atoms with E-state index in [1.165, 1.54) is 12.2 Å². The third-order valence-corrected chi connectivity index (χ3v) is 2.99. The number of carboxylic acid groups (broad SMARTS) is 1. The Labute approximate surface area is 74.4 Å². The van der Waals surface area contributed by atoms with Crippen LogP contribution in [-0.2, 0) is 8.98 Å². The third-order valence-electron chi connectivity index (χ3n) is 2.10. The van der Waals surface area contributed by atoms with Gasteiger partial charge in [0.25, 0.3) is 0 Å². The summed E-state index contributed by atoms with van der Waals surface area (Å²) in [5, 5.41) is 11.8. The molecule has 0 aromatic rings. The molecule has 0 saturated carbocycles. The molecule has 68 valence electrons. The van der Waals surface area contributed by atoms with Gasteiger partial charge in [0.2, 0.25) is 0 Å². The number of piperazine rings is 1. The van der Waals surface area contributed by atoms with Gasteiger partial charge in [-0.2, -0.15) is 0 Å². The highest BCUT2D eigenvalue weighted by atomic mass is 32.2. The predicted molar refractivity (Wildman–Crippen MR) is 43.5 cm³/mol. The summed E-state index contributed by atoms with van der Waals surface area (Å²) in [6.45, 7) is 2.05. The van der Waals surface area contributed by atoms with E-state index in [1.54, 1.807) is 0 Å². The molecule has 2 aliphatic rings. The van der Waals surface area contributed by atoms with Crippen molar-refractivity contribution >= 4 is 18.2 Å². The Bertz CT molecular complexity index is 201. The molecule has 0 aromatic carbocycles. The number of hydrogen-bond acceptors (Lipinski definition) is 5. The number of carbonyl (C=O) groups is 1. The molecule has 0 radical (unpaired) electrons. The van der Waals surface area contributed by atoms with E-state index in [0.717, 1.165) is 6.54 Å².